The summed E-state index contributed by atoms with van der Waals surface area (Å²) in [6.07, 6.45) is 89.6. The first-order chi connectivity index (χ1) is 34.6. The van der Waals surface area contributed by atoms with Crippen LogP contribution >= 0.6 is 0 Å². The topological polar surface area (TPSA) is 72.8 Å². The van der Waals surface area contributed by atoms with Crippen LogP contribution in [0.2, 0.25) is 0 Å². The van der Waals surface area contributed by atoms with Crippen LogP contribution in [0.4, 0.5) is 0 Å². The second-order valence-electron chi connectivity index (χ2n) is 18.2. The van der Waals surface area contributed by atoms with Gasteiger partial charge in [-0.15, -0.1) is 0 Å². The van der Waals surface area contributed by atoms with Gasteiger partial charge in [0.15, 0.2) is 6.10 Å². The predicted molar refractivity (Wildman–Crippen MR) is 306 cm³/mol. The van der Waals surface area contributed by atoms with Gasteiger partial charge in [-0.05, 0) is 116 Å². The fourth-order valence-electron chi connectivity index (χ4n) is 7.44. The van der Waals surface area contributed by atoms with Crippen molar-refractivity contribution in [3.05, 3.63) is 146 Å². The van der Waals surface area contributed by atoms with Crippen molar-refractivity contribution in [2.45, 2.75) is 238 Å². The van der Waals surface area contributed by atoms with Crippen molar-refractivity contribution in [2.24, 2.45) is 0 Å². The van der Waals surface area contributed by atoms with E-state index in [2.05, 4.69) is 160 Å². The summed E-state index contributed by atoms with van der Waals surface area (Å²) in [7, 11) is 0. The number of esters is 2. The first-order valence-electron chi connectivity index (χ1n) is 28.4. The van der Waals surface area contributed by atoms with Crippen molar-refractivity contribution in [1.82, 2.24) is 0 Å². The summed E-state index contributed by atoms with van der Waals surface area (Å²) < 4.78 is 10.7. The number of ether oxygens (including phenoxy) is 2. The summed E-state index contributed by atoms with van der Waals surface area (Å²) in [5.41, 5.74) is 0. The maximum Gasteiger partial charge on any atom is 0.306 e. The number of allylic oxidation sites excluding steroid dienone is 24. The summed E-state index contributed by atoms with van der Waals surface area (Å²) in [6, 6.07) is 0. The van der Waals surface area contributed by atoms with Crippen LogP contribution in [-0.4, -0.2) is 36.4 Å². The lowest BCUT2D eigenvalue weighted by Gasteiger charge is -2.15. The molecule has 0 radical (unpaired) electrons. The average Bonchev–Trinajstić information content (AvgIpc) is 3.36. The Morgan fingerprint density at radius 2 is 0.571 bits per heavy atom. The van der Waals surface area contributed by atoms with E-state index >= 15 is 0 Å². The van der Waals surface area contributed by atoms with Gasteiger partial charge < -0.3 is 14.6 Å². The molecule has 1 N–H and O–H groups in total. The van der Waals surface area contributed by atoms with Crippen LogP contribution in [0.1, 0.15) is 232 Å². The van der Waals surface area contributed by atoms with Crippen molar-refractivity contribution in [3.8, 4) is 0 Å². The zero-order valence-electron chi connectivity index (χ0n) is 45.0. The average molecular weight is 966 g/mol. The van der Waals surface area contributed by atoms with Crippen LogP contribution < -0.4 is 0 Å². The smallest absolute Gasteiger partial charge is 0.306 e. The molecule has 5 nitrogen and oxygen atoms in total. The molecule has 0 heterocycles. The minimum absolute atomic E-state index is 0.0882. The molecule has 70 heavy (non-hydrogen) atoms. The molecular formula is C65H104O5. The van der Waals surface area contributed by atoms with E-state index in [1.54, 1.807) is 0 Å². The molecule has 394 valence electrons. The molecule has 0 saturated heterocycles. The second-order valence-corrected chi connectivity index (χ2v) is 18.2. The van der Waals surface area contributed by atoms with Crippen LogP contribution in [-0.2, 0) is 19.1 Å². The maximum absolute atomic E-state index is 12.3. The minimum atomic E-state index is -0.801. The van der Waals surface area contributed by atoms with Crippen LogP contribution in [0.5, 0.6) is 0 Å². The highest BCUT2D eigenvalue weighted by Crippen LogP contribution is 2.15. The van der Waals surface area contributed by atoms with Gasteiger partial charge in [-0.3, -0.25) is 9.59 Å². The Balaban J connectivity index is 3.59. The van der Waals surface area contributed by atoms with E-state index in [1.165, 1.54) is 83.5 Å². The Morgan fingerprint density at radius 1 is 0.329 bits per heavy atom. The molecule has 5 heteroatoms. The number of unbranched alkanes of at least 4 members (excludes halogenated alkanes) is 18. The van der Waals surface area contributed by atoms with Gasteiger partial charge in [0.25, 0.3) is 0 Å². The Kier molecular flexibility index (Phi) is 55.5. The normalized spacial score (nSPS) is 13.4. The summed E-state index contributed by atoms with van der Waals surface area (Å²) in [6.45, 7) is 3.88. The number of hydrogen-bond acceptors (Lipinski definition) is 5. The molecule has 0 saturated carbocycles. The minimum Gasteiger partial charge on any atom is -0.462 e. The number of carbonyl (C=O) groups excluding carboxylic acids is 2. The molecule has 0 amide bonds. The Hall–Kier alpha value is -4.22. The third-order valence-electron chi connectivity index (χ3n) is 11.6. The van der Waals surface area contributed by atoms with Crippen molar-refractivity contribution in [2.75, 3.05) is 13.2 Å². The molecule has 0 bridgehead atoms. The van der Waals surface area contributed by atoms with E-state index in [0.717, 1.165) is 122 Å². The van der Waals surface area contributed by atoms with E-state index in [0.29, 0.717) is 12.8 Å². The fraction of sp³-hybridized carbons (Fsp3) is 0.600. The van der Waals surface area contributed by atoms with Gasteiger partial charge in [0.05, 0.1) is 6.61 Å². The third-order valence-corrected chi connectivity index (χ3v) is 11.6. The van der Waals surface area contributed by atoms with Crippen molar-refractivity contribution < 1.29 is 24.2 Å². The zero-order chi connectivity index (χ0) is 50.6. The molecular weight excluding hydrogens is 861 g/mol. The summed E-state index contributed by atoms with van der Waals surface area (Å²) in [5.74, 6) is -0.636. The monoisotopic (exact) mass is 965 g/mol. The molecule has 1 atom stereocenters. The number of aliphatic hydroxyl groups is 1. The molecule has 0 rings (SSSR count). The Morgan fingerprint density at radius 3 is 0.871 bits per heavy atom. The van der Waals surface area contributed by atoms with E-state index in [1.807, 2.05) is 0 Å². The van der Waals surface area contributed by atoms with E-state index in [-0.39, 0.29) is 25.2 Å². The number of rotatable bonds is 50. The van der Waals surface area contributed by atoms with Gasteiger partial charge in [0.1, 0.15) is 6.61 Å². The number of aliphatic hydroxyl groups excluding tert-OH is 1. The molecule has 0 aromatic heterocycles. The molecule has 0 spiro atoms. The van der Waals surface area contributed by atoms with Crippen molar-refractivity contribution >= 4 is 11.9 Å². The summed E-state index contributed by atoms with van der Waals surface area (Å²) in [5, 5.41) is 9.65. The highest BCUT2D eigenvalue weighted by molar-refractivity contribution is 5.70. The van der Waals surface area contributed by atoms with Crippen LogP contribution in [0.3, 0.4) is 0 Å². The maximum atomic E-state index is 12.3. The molecule has 0 aromatic rings. The van der Waals surface area contributed by atoms with Gasteiger partial charge in [-0.25, -0.2) is 0 Å². The quantitative estimate of drug-likeness (QED) is 0.0374. The van der Waals surface area contributed by atoms with Gasteiger partial charge in [0.2, 0.25) is 0 Å². The molecule has 0 fully saturated rings. The summed E-state index contributed by atoms with van der Waals surface area (Å²) >= 11 is 0. The highest BCUT2D eigenvalue weighted by Gasteiger charge is 2.16. The zero-order valence-corrected chi connectivity index (χ0v) is 45.0. The van der Waals surface area contributed by atoms with Crippen LogP contribution in [0.15, 0.2) is 146 Å². The van der Waals surface area contributed by atoms with Crippen LogP contribution in [0, 0.1) is 0 Å². The van der Waals surface area contributed by atoms with Gasteiger partial charge in [-0.1, -0.05) is 250 Å². The molecule has 0 aliphatic rings. The predicted octanol–water partition coefficient (Wildman–Crippen LogP) is 19.4. The standard InChI is InChI=1S/C65H104O5/c1-3-5-7-9-11-13-15-17-19-21-23-25-27-29-30-31-32-33-34-36-37-39-41-43-45-47-49-51-53-55-57-59-64(67)69-62-63(61-66)70-65(68)60-58-56-54-52-50-48-46-44-42-40-38-35-28-26-24-22-20-18-16-14-12-10-8-6-4-2/h5-8,11-14,17-20,23-26,29-30,35,38,42,44,48,50,63,66H,3-4,9-10,15-16,21-22,27-28,31-34,36-37,39-41,43,45-47,49,51-62H2,1-2H3/b7-5-,8-6-,13-11-,14-12-,19-17-,20-18-,25-23-,26-24-,30-29-,38-35-,44-42-,50-48-. The largest absolute Gasteiger partial charge is 0.462 e. The fourth-order valence-corrected chi connectivity index (χ4v) is 7.44. The van der Waals surface area contributed by atoms with Gasteiger partial charge in [0, 0.05) is 12.8 Å². The van der Waals surface area contributed by atoms with E-state index < -0.39 is 6.10 Å². The van der Waals surface area contributed by atoms with Gasteiger partial charge in [-0.2, -0.15) is 0 Å². The number of carbonyl (C=O) groups is 2. The highest BCUT2D eigenvalue weighted by atomic mass is 16.6. The van der Waals surface area contributed by atoms with Gasteiger partial charge >= 0.3 is 11.9 Å². The first kappa shape index (κ1) is 65.8. The van der Waals surface area contributed by atoms with Crippen molar-refractivity contribution in [1.29, 1.82) is 0 Å². The van der Waals surface area contributed by atoms with Crippen molar-refractivity contribution in [3.63, 3.8) is 0 Å². The lowest BCUT2D eigenvalue weighted by atomic mass is 10.0. The third kappa shape index (κ3) is 56.4. The molecule has 0 aromatic carbocycles. The second kappa shape index (κ2) is 59.1. The molecule has 0 aliphatic heterocycles. The van der Waals surface area contributed by atoms with Crippen LogP contribution in [0.25, 0.3) is 0 Å². The van der Waals surface area contributed by atoms with E-state index in [9.17, 15) is 14.7 Å². The molecule has 0 aliphatic carbocycles. The Bertz CT molecular complexity index is 1510. The number of hydrogen-bond donors (Lipinski definition) is 1. The SMILES string of the molecule is CC/C=C\C/C=C\C/C=C\C/C=C\C/C=C\C/C=C\C/C=C\CCCCCC(=O)OC(CO)COC(=O)CCCCCCCCCCCCCCCCC/C=C\C/C=C\C/C=C\C/C=C\C/C=C\CC. The summed E-state index contributed by atoms with van der Waals surface area (Å²) in [4.78, 5) is 24.5. The Labute approximate surface area is 431 Å². The first-order valence-corrected chi connectivity index (χ1v) is 28.4. The van der Waals surface area contributed by atoms with E-state index in [4.69, 9.17) is 9.47 Å². The lowest BCUT2D eigenvalue weighted by molar-refractivity contribution is -0.161. The lowest BCUT2D eigenvalue weighted by Crippen LogP contribution is -2.28. The molecule has 1 unspecified atom stereocenters.